The van der Waals surface area contributed by atoms with Crippen molar-refractivity contribution in [3.05, 3.63) is 45.9 Å². The molecule has 0 unspecified atom stereocenters. The largest absolute Gasteiger partial charge is 0.349 e. The third-order valence-corrected chi connectivity index (χ3v) is 6.51. The third kappa shape index (κ3) is 3.24. The third-order valence-electron chi connectivity index (χ3n) is 3.87. The summed E-state index contributed by atoms with van der Waals surface area (Å²) in [6, 6.07) is 5.00. The van der Waals surface area contributed by atoms with Crippen molar-refractivity contribution in [3.63, 3.8) is 0 Å². The molecule has 0 bridgehead atoms. The van der Waals surface area contributed by atoms with Crippen LogP contribution in [0.3, 0.4) is 0 Å². The first kappa shape index (κ1) is 17.5. The van der Waals surface area contributed by atoms with Crippen molar-refractivity contribution in [2.45, 2.75) is 18.1 Å². The summed E-state index contributed by atoms with van der Waals surface area (Å²) in [6.07, 6.45) is 3.96. The fraction of sp³-hybridized carbons (Fsp3) is 0.200. The van der Waals surface area contributed by atoms with Gasteiger partial charge in [0.05, 0.1) is 16.0 Å². The number of nitrogens with zero attached hydrogens (tertiary/aromatic N) is 3. The van der Waals surface area contributed by atoms with E-state index in [-0.39, 0.29) is 17.2 Å². The van der Waals surface area contributed by atoms with Gasteiger partial charge in [-0.2, -0.15) is 0 Å². The Labute approximate surface area is 161 Å². The number of benzene rings is 1. The van der Waals surface area contributed by atoms with Gasteiger partial charge in [0.1, 0.15) is 5.69 Å². The Bertz CT molecular complexity index is 1120. The van der Waals surface area contributed by atoms with Crippen molar-refractivity contribution in [1.29, 1.82) is 0 Å². The Morgan fingerprint density at radius 2 is 2.12 bits per heavy atom. The molecule has 0 amide bonds. The van der Waals surface area contributed by atoms with Gasteiger partial charge in [-0.05, 0) is 31.0 Å². The molecule has 0 atom stereocenters. The molecule has 0 spiro atoms. The maximum absolute atomic E-state index is 15.0. The monoisotopic (exact) mass is 459 g/mol. The predicted molar refractivity (Wildman–Crippen MR) is 101 cm³/mol. The lowest BCUT2D eigenvalue weighted by molar-refractivity contribution is 0.599. The molecule has 136 valence electrons. The van der Waals surface area contributed by atoms with E-state index in [1.54, 1.807) is 18.2 Å². The Balaban J connectivity index is 1.82. The number of aromatic nitrogens is 3. The lowest BCUT2D eigenvalue weighted by atomic mass is 10.3. The highest BCUT2D eigenvalue weighted by atomic mass is 79.9. The van der Waals surface area contributed by atoms with Gasteiger partial charge in [-0.25, -0.2) is 22.3 Å². The fourth-order valence-electron chi connectivity index (χ4n) is 2.42. The van der Waals surface area contributed by atoms with Crippen LogP contribution in [-0.2, 0) is 10.0 Å². The summed E-state index contributed by atoms with van der Waals surface area (Å²) in [7, 11) is -3.63. The zero-order chi connectivity index (χ0) is 18.5. The summed E-state index contributed by atoms with van der Waals surface area (Å²) >= 11 is 9.48. The highest BCUT2D eigenvalue weighted by Gasteiger charge is 2.37. The van der Waals surface area contributed by atoms with E-state index >= 15 is 0 Å². The molecular formula is C15H12BrClFN5O2S. The van der Waals surface area contributed by atoms with Crippen molar-refractivity contribution in [1.82, 2.24) is 14.6 Å². The Kier molecular flexibility index (Phi) is 4.28. The molecule has 3 aromatic rings. The van der Waals surface area contributed by atoms with Crippen LogP contribution >= 0.6 is 27.5 Å². The van der Waals surface area contributed by atoms with E-state index in [0.29, 0.717) is 23.6 Å². The molecule has 0 aliphatic heterocycles. The van der Waals surface area contributed by atoms with E-state index in [4.69, 9.17) is 11.6 Å². The Morgan fingerprint density at radius 3 is 2.81 bits per heavy atom. The van der Waals surface area contributed by atoms with Crippen LogP contribution in [0.15, 0.2) is 35.1 Å². The van der Waals surface area contributed by atoms with Crippen LogP contribution < -0.4 is 10.0 Å². The summed E-state index contributed by atoms with van der Waals surface area (Å²) in [6.45, 7) is 0. The zero-order valence-electron chi connectivity index (χ0n) is 13.1. The molecule has 7 nitrogen and oxygen atoms in total. The van der Waals surface area contributed by atoms with Crippen LogP contribution in [0.5, 0.6) is 0 Å². The quantitative estimate of drug-likeness (QED) is 0.602. The molecule has 2 N–H and O–H groups in total. The maximum Gasteiger partial charge on any atom is 0.236 e. The van der Waals surface area contributed by atoms with E-state index in [0.717, 1.165) is 4.47 Å². The highest BCUT2D eigenvalue weighted by Crippen LogP contribution is 2.36. The van der Waals surface area contributed by atoms with Crippen LogP contribution in [0.1, 0.15) is 12.8 Å². The second-order valence-corrected chi connectivity index (χ2v) is 9.11. The molecular weight excluding hydrogens is 449 g/mol. The number of hydrogen-bond donors (Lipinski definition) is 2. The van der Waals surface area contributed by atoms with Crippen molar-refractivity contribution < 1.29 is 12.8 Å². The molecule has 2 aromatic heterocycles. The van der Waals surface area contributed by atoms with Gasteiger partial charge in [0, 0.05) is 16.9 Å². The van der Waals surface area contributed by atoms with E-state index in [9.17, 15) is 12.8 Å². The van der Waals surface area contributed by atoms with Gasteiger partial charge in [0.2, 0.25) is 10.0 Å². The first-order valence-corrected chi connectivity index (χ1v) is 10.3. The van der Waals surface area contributed by atoms with Crippen molar-refractivity contribution in [2.75, 3.05) is 10.0 Å². The maximum atomic E-state index is 15.0. The number of imidazole rings is 1. The molecule has 1 fully saturated rings. The number of rotatable bonds is 5. The van der Waals surface area contributed by atoms with Crippen LogP contribution in [-0.4, -0.2) is 28.3 Å². The molecule has 0 radical (unpaired) electrons. The van der Waals surface area contributed by atoms with Gasteiger partial charge in [-0.1, -0.05) is 27.5 Å². The predicted octanol–water partition coefficient (Wildman–Crippen LogP) is 3.93. The lowest BCUT2D eigenvalue weighted by Gasteiger charge is -2.15. The van der Waals surface area contributed by atoms with Crippen LogP contribution in [0.25, 0.3) is 5.65 Å². The fourth-order valence-corrected chi connectivity index (χ4v) is 4.47. The number of anilines is 3. The summed E-state index contributed by atoms with van der Waals surface area (Å²) in [5.41, 5.74) is 0.227. The first-order valence-electron chi connectivity index (χ1n) is 7.62. The van der Waals surface area contributed by atoms with Gasteiger partial charge < -0.3 is 5.32 Å². The zero-order valence-corrected chi connectivity index (χ0v) is 16.2. The Hall–Kier alpha value is -1.91. The average molecular weight is 461 g/mol. The first-order chi connectivity index (χ1) is 12.3. The van der Waals surface area contributed by atoms with Crippen LogP contribution in [0.2, 0.25) is 5.02 Å². The minimum Gasteiger partial charge on any atom is -0.349 e. The molecule has 1 aliphatic rings. The number of sulfonamides is 1. The minimum atomic E-state index is -3.63. The van der Waals surface area contributed by atoms with Gasteiger partial charge in [-0.15, -0.1) is 5.10 Å². The highest BCUT2D eigenvalue weighted by molar-refractivity contribution is 9.10. The Morgan fingerprint density at radius 1 is 1.35 bits per heavy atom. The van der Waals surface area contributed by atoms with Crippen molar-refractivity contribution in [2.24, 2.45) is 0 Å². The van der Waals surface area contributed by atoms with Gasteiger partial charge in [-0.3, -0.25) is 4.72 Å². The average Bonchev–Trinajstić information content (AvgIpc) is 3.33. The number of hydrogen-bond acceptors (Lipinski definition) is 5. The molecule has 26 heavy (non-hydrogen) atoms. The summed E-state index contributed by atoms with van der Waals surface area (Å²) in [5, 5.41) is 6.83. The standard InChI is InChI=1S/C15H12BrClFN5O2S/c16-8-1-4-11(10(17)7-8)20-13-12(18)15-19-5-6-23(15)21-14(13)22-26(24,25)9-2-3-9/h1,4-7,9,20H,2-3H2,(H,21,22). The van der Waals surface area contributed by atoms with E-state index in [1.165, 1.54) is 16.9 Å². The second kappa shape index (κ2) is 6.36. The number of fused-ring (bicyclic) bond motifs is 1. The molecule has 0 saturated heterocycles. The van der Waals surface area contributed by atoms with Crippen molar-refractivity contribution in [3.8, 4) is 0 Å². The lowest BCUT2D eigenvalue weighted by Crippen LogP contribution is -2.20. The molecule has 2 heterocycles. The summed E-state index contributed by atoms with van der Waals surface area (Å²) in [5.74, 6) is -0.892. The smallest absolute Gasteiger partial charge is 0.236 e. The van der Waals surface area contributed by atoms with E-state index < -0.39 is 21.1 Å². The van der Waals surface area contributed by atoms with E-state index in [1.807, 2.05) is 0 Å². The molecule has 1 aliphatic carbocycles. The van der Waals surface area contributed by atoms with Crippen LogP contribution in [0, 0.1) is 5.82 Å². The normalized spacial score (nSPS) is 14.6. The molecule has 1 saturated carbocycles. The van der Waals surface area contributed by atoms with E-state index in [2.05, 4.69) is 36.1 Å². The number of halogens is 3. The van der Waals surface area contributed by atoms with Gasteiger partial charge in [0.15, 0.2) is 17.3 Å². The molecule has 11 heteroatoms. The SMILES string of the molecule is O=S(=O)(Nc1nn2ccnc2c(F)c1Nc1ccc(Br)cc1Cl)C1CC1. The van der Waals surface area contributed by atoms with Crippen LogP contribution in [0.4, 0.5) is 21.6 Å². The number of nitrogens with one attached hydrogen (secondary N) is 2. The van der Waals surface area contributed by atoms with Crippen molar-refractivity contribution >= 4 is 60.4 Å². The molecule has 1 aromatic carbocycles. The topological polar surface area (TPSA) is 88.4 Å². The summed E-state index contributed by atoms with van der Waals surface area (Å²) < 4.78 is 43.9. The van der Waals surface area contributed by atoms with Gasteiger partial charge in [0.25, 0.3) is 0 Å². The second-order valence-electron chi connectivity index (χ2n) is 5.83. The summed E-state index contributed by atoms with van der Waals surface area (Å²) in [4.78, 5) is 3.91. The minimum absolute atomic E-state index is 0.0323. The van der Waals surface area contributed by atoms with Gasteiger partial charge >= 0.3 is 0 Å². The molecule has 4 rings (SSSR count).